The van der Waals surface area contributed by atoms with E-state index in [1.54, 1.807) is 16.2 Å². The predicted octanol–water partition coefficient (Wildman–Crippen LogP) is 4.21. The first-order valence-corrected chi connectivity index (χ1v) is 11.7. The molecule has 1 saturated carbocycles. The summed E-state index contributed by atoms with van der Waals surface area (Å²) in [5.41, 5.74) is 2.26. The van der Waals surface area contributed by atoms with Crippen LogP contribution in [-0.4, -0.2) is 47.4 Å². The molecule has 2 aliphatic rings. The number of amides is 2. The largest absolute Gasteiger partial charge is 0.491 e. The standard InChI is InChI=1S/C24H30N2O3S/c1-16(2)24(28)26(18-8-9-18)14-23(27)25-12-10-22-19(11-13-30-22)20(25)15-29-21-7-5-4-6-17(21)3/h4-7,11,13,16,18,20H,8-10,12,14-15H2,1-3H3/t20-/m0/s1. The van der Waals surface area contributed by atoms with Crippen LogP contribution in [0.4, 0.5) is 0 Å². The van der Waals surface area contributed by atoms with Gasteiger partial charge in [-0.15, -0.1) is 11.3 Å². The molecule has 1 aromatic heterocycles. The van der Waals surface area contributed by atoms with Crippen molar-refractivity contribution >= 4 is 23.2 Å². The zero-order chi connectivity index (χ0) is 21.3. The molecule has 2 heterocycles. The first kappa shape index (κ1) is 20.9. The van der Waals surface area contributed by atoms with Crippen LogP contribution in [0.5, 0.6) is 5.75 Å². The molecule has 0 unspecified atom stereocenters. The van der Waals surface area contributed by atoms with Crippen LogP contribution >= 0.6 is 11.3 Å². The van der Waals surface area contributed by atoms with E-state index in [-0.39, 0.29) is 36.4 Å². The number of hydrogen-bond acceptors (Lipinski definition) is 4. The number of rotatable bonds is 7. The number of carbonyl (C=O) groups excluding carboxylic acids is 2. The molecule has 30 heavy (non-hydrogen) atoms. The third-order valence-electron chi connectivity index (χ3n) is 5.98. The van der Waals surface area contributed by atoms with E-state index in [2.05, 4.69) is 11.4 Å². The van der Waals surface area contributed by atoms with E-state index in [0.717, 1.165) is 30.6 Å². The van der Waals surface area contributed by atoms with Crippen molar-refractivity contribution in [2.75, 3.05) is 19.7 Å². The average molecular weight is 427 g/mol. The quantitative estimate of drug-likeness (QED) is 0.666. The number of ether oxygens (including phenoxy) is 1. The molecule has 0 spiro atoms. The number of fused-ring (bicyclic) bond motifs is 1. The third-order valence-corrected chi connectivity index (χ3v) is 6.97. The maximum atomic E-state index is 13.4. The third kappa shape index (κ3) is 4.38. The SMILES string of the molecule is Cc1ccccc1OC[C@H]1c2ccsc2CCN1C(=O)CN(C(=O)C(C)C)C1CC1. The van der Waals surface area contributed by atoms with Gasteiger partial charge >= 0.3 is 0 Å². The highest BCUT2D eigenvalue weighted by Crippen LogP contribution is 2.35. The molecule has 6 heteroatoms. The molecule has 0 N–H and O–H groups in total. The predicted molar refractivity (Wildman–Crippen MR) is 119 cm³/mol. The highest BCUT2D eigenvalue weighted by atomic mass is 32.1. The van der Waals surface area contributed by atoms with Gasteiger partial charge in [0.05, 0.1) is 6.04 Å². The second-order valence-corrected chi connectivity index (χ2v) is 9.58. The van der Waals surface area contributed by atoms with Crippen LogP contribution in [0.15, 0.2) is 35.7 Å². The molecule has 1 aliphatic carbocycles. The Morgan fingerprint density at radius 1 is 1.23 bits per heavy atom. The number of carbonyl (C=O) groups is 2. The van der Waals surface area contributed by atoms with Gasteiger partial charge in [-0.05, 0) is 54.8 Å². The maximum absolute atomic E-state index is 13.4. The summed E-state index contributed by atoms with van der Waals surface area (Å²) in [6, 6.07) is 10.2. The summed E-state index contributed by atoms with van der Waals surface area (Å²) in [7, 11) is 0. The van der Waals surface area contributed by atoms with Crippen molar-refractivity contribution < 1.29 is 14.3 Å². The van der Waals surface area contributed by atoms with Crippen molar-refractivity contribution in [1.82, 2.24) is 9.80 Å². The van der Waals surface area contributed by atoms with Gasteiger partial charge in [0.2, 0.25) is 11.8 Å². The van der Waals surface area contributed by atoms with Crippen LogP contribution in [0.1, 0.15) is 48.7 Å². The van der Waals surface area contributed by atoms with Gasteiger partial charge in [0.1, 0.15) is 18.9 Å². The minimum absolute atomic E-state index is 0.0196. The van der Waals surface area contributed by atoms with Gasteiger partial charge in [-0.3, -0.25) is 9.59 Å². The first-order chi connectivity index (χ1) is 14.5. The average Bonchev–Trinajstić information content (AvgIpc) is 3.46. The normalized spacial score (nSPS) is 18.3. The maximum Gasteiger partial charge on any atom is 0.242 e. The Bertz CT molecular complexity index is 919. The fourth-order valence-corrected chi connectivity index (χ4v) is 5.03. The van der Waals surface area contributed by atoms with E-state index in [0.29, 0.717) is 13.2 Å². The smallest absolute Gasteiger partial charge is 0.242 e. The van der Waals surface area contributed by atoms with Gasteiger partial charge in [0.15, 0.2) is 0 Å². The molecule has 0 radical (unpaired) electrons. The van der Waals surface area contributed by atoms with E-state index in [1.807, 2.05) is 49.9 Å². The van der Waals surface area contributed by atoms with E-state index in [4.69, 9.17) is 4.74 Å². The number of nitrogens with zero attached hydrogens (tertiary/aromatic N) is 2. The fraction of sp³-hybridized carbons (Fsp3) is 0.500. The first-order valence-electron chi connectivity index (χ1n) is 10.8. The van der Waals surface area contributed by atoms with E-state index in [9.17, 15) is 9.59 Å². The zero-order valence-electron chi connectivity index (χ0n) is 18.0. The molecule has 1 fully saturated rings. The summed E-state index contributed by atoms with van der Waals surface area (Å²) >= 11 is 1.75. The van der Waals surface area contributed by atoms with E-state index < -0.39 is 0 Å². The summed E-state index contributed by atoms with van der Waals surface area (Å²) in [6.45, 7) is 7.09. The van der Waals surface area contributed by atoms with Crippen LogP contribution in [0, 0.1) is 12.8 Å². The van der Waals surface area contributed by atoms with Crippen LogP contribution in [0.25, 0.3) is 0 Å². The van der Waals surface area contributed by atoms with Crippen LogP contribution in [-0.2, 0) is 16.0 Å². The number of para-hydroxylation sites is 1. The van der Waals surface area contributed by atoms with Gasteiger partial charge in [0, 0.05) is 23.4 Å². The van der Waals surface area contributed by atoms with Crippen molar-refractivity contribution in [2.45, 2.75) is 52.1 Å². The second kappa shape index (κ2) is 8.80. The van der Waals surface area contributed by atoms with Crippen LogP contribution in [0.3, 0.4) is 0 Å². The molecule has 2 amide bonds. The highest BCUT2D eigenvalue weighted by molar-refractivity contribution is 7.10. The Morgan fingerprint density at radius 2 is 2.00 bits per heavy atom. The lowest BCUT2D eigenvalue weighted by atomic mass is 10.00. The van der Waals surface area contributed by atoms with Crippen molar-refractivity contribution in [3.63, 3.8) is 0 Å². The van der Waals surface area contributed by atoms with Crippen molar-refractivity contribution in [3.05, 3.63) is 51.7 Å². The van der Waals surface area contributed by atoms with Crippen LogP contribution in [0.2, 0.25) is 0 Å². The Hall–Kier alpha value is -2.34. The number of benzene rings is 1. The van der Waals surface area contributed by atoms with E-state index in [1.165, 1.54) is 10.4 Å². The summed E-state index contributed by atoms with van der Waals surface area (Å²) < 4.78 is 6.16. The van der Waals surface area contributed by atoms with E-state index >= 15 is 0 Å². The molecule has 2 aromatic rings. The van der Waals surface area contributed by atoms with Gasteiger partial charge < -0.3 is 14.5 Å². The Kier molecular flexibility index (Phi) is 6.14. The summed E-state index contributed by atoms with van der Waals surface area (Å²) in [6.07, 6.45) is 2.86. The van der Waals surface area contributed by atoms with Crippen molar-refractivity contribution in [1.29, 1.82) is 0 Å². The lowest BCUT2D eigenvalue weighted by Crippen LogP contribution is -2.49. The fourth-order valence-electron chi connectivity index (χ4n) is 4.10. The summed E-state index contributed by atoms with van der Waals surface area (Å²) in [5, 5.41) is 2.10. The number of hydrogen-bond donors (Lipinski definition) is 0. The minimum Gasteiger partial charge on any atom is -0.491 e. The van der Waals surface area contributed by atoms with Gasteiger partial charge in [0.25, 0.3) is 0 Å². The molecular formula is C24H30N2O3S. The molecule has 0 bridgehead atoms. The van der Waals surface area contributed by atoms with Gasteiger partial charge in [-0.25, -0.2) is 0 Å². The molecule has 1 aromatic carbocycles. The Morgan fingerprint density at radius 3 is 2.70 bits per heavy atom. The summed E-state index contributed by atoms with van der Waals surface area (Å²) in [4.78, 5) is 31.1. The highest BCUT2D eigenvalue weighted by Gasteiger charge is 2.38. The monoisotopic (exact) mass is 426 g/mol. The lowest BCUT2D eigenvalue weighted by molar-refractivity contribution is -0.144. The molecule has 5 nitrogen and oxygen atoms in total. The zero-order valence-corrected chi connectivity index (χ0v) is 18.8. The molecular weight excluding hydrogens is 396 g/mol. The van der Waals surface area contributed by atoms with Gasteiger partial charge in [-0.2, -0.15) is 0 Å². The number of aryl methyl sites for hydroxylation is 1. The molecule has 1 aliphatic heterocycles. The molecule has 160 valence electrons. The topological polar surface area (TPSA) is 49.9 Å². The second-order valence-electron chi connectivity index (χ2n) is 8.58. The molecule has 4 rings (SSSR count). The van der Waals surface area contributed by atoms with Gasteiger partial charge in [-0.1, -0.05) is 32.0 Å². The van der Waals surface area contributed by atoms with Crippen LogP contribution < -0.4 is 4.74 Å². The summed E-state index contributed by atoms with van der Waals surface area (Å²) in [5.74, 6) is 0.850. The van der Waals surface area contributed by atoms with Crippen molar-refractivity contribution in [2.24, 2.45) is 5.92 Å². The Balaban J connectivity index is 1.52. The lowest BCUT2D eigenvalue weighted by Gasteiger charge is -2.37. The minimum atomic E-state index is -0.123. The molecule has 0 saturated heterocycles. The number of thiophene rings is 1. The Labute approximate surface area is 182 Å². The molecule has 1 atom stereocenters. The van der Waals surface area contributed by atoms with Crippen molar-refractivity contribution in [3.8, 4) is 5.75 Å².